The molecule has 0 atom stereocenters. The highest BCUT2D eigenvalue weighted by atomic mass is 32.2. The average Bonchev–Trinajstić information content (AvgIpc) is 2.90. The quantitative estimate of drug-likeness (QED) is 0.857. The van der Waals surface area contributed by atoms with Gasteiger partial charge >= 0.3 is 5.97 Å². The molecule has 1 N–H and O–H groups in total. The highest BCUT2D eigenvalue weighted by Crippen LogP contribution is 2.24. The molecule has 2 aromatic rings. The summed E-state index contributed by atoms with van der Waals surface area (Å²) in [6.07, 6.45) is 1.56. The van der Waals surface area contributed by atoms with Crippen molar-refractivity contribution in [2.24, 2.45) is 0 Å². The predicted molar refractivity (Wildman–Crippen MR) is 73.2 cm³/mol. The van der Waals surface area contributed by atoms with E-state index in [1.54, 1.807) is 25.3 Å². The van der Waals surface area contributed by atoms with Gasteiger partial charge in [-0.05, 0) is 19.1 Å². The van der Waals surface area contributed by atoms with Crippen molar-refractivity contribution in [2.45, 2.75) is 11.1 Å². The summed E-state index contributed by atoms with van der Waals surface area (Å²) >= 11 is 0.842. The van der Waals surface area contributed by atoms with Gasteiger partial charge in [-0.15, -0.1) is 11.3 Å². The second kappa shape index (κ2) is 5.55. The maximum absolute atomic E-state index is 12.3. The number of sulfonamides is 1. The third-order valence-corrected chi connectivity index (χ3v) is 5.14. The van der Waals surface area contributed by atoms with Gasteiger partial charge in [-0.25, -0.2) is 18.2 Å². The lowest BCUT2D eigenvalue weighted by atomic mass is 10.3. The minimum absolute atomic E-state index is 0.187. The zero-order valence-electron chi connectivity index (χ0n) is 10.7. The van der Waals surface area contributed by atoms with Crippen molar-refractivity contribution in [2.75, 3.05) is 11.8 Å². The number of hydrogen-bond donors (Lipinski definition) is 1. The number of ether oxygens (including phenoxy) is 1. The molecule has 0 unspecified atom stereocenters. The van der Waals surface area contributed by atoms with Crippen LogP contribution in [0.3, 0.4) is 0 Å². The first-order valence-electron chi connectivity index (χ1n) is 5.42. The van der Waals surface area contributed by atoms with Crippen LogP contribution in [-0.2, 0) is 14.8 Å². The van der Waals surface area contributed by atoms with E-state index in [2.05, 4.69) is 19.4 Å². The molecule has 0 radical (unpaired) electrons. The van der Waals surface area contributed by atoms with E-state index in [0.717, 1.165) is 18.4 Å². The van der Waals surface area contributed by atoms with Crippen molar-refractivity contribution in [3.63, 3.8) is 0 Å². The molecule has 2 heterocycles. The second-order valence-corrected chi connectivity index (χ2v) is 6.45. The Balaban J connectivity index is 2.40. The summed E-state index contributed by atoms with van der Waals surface area (Å²) in [6.45, 7) is 1.67. The van der Waals surface area contributed by atoms with Gasteiger partial charge in [0.05, 0.1) is 24.0 Å². The van der Waals surface area contributed by atoms with Crippen LogP contribution in [0.1, 0.15) is 16.2 Å². The van der Waals surface area contributed by atoms with Gasteiger partial charge in [-0.2, -0.15) is 0 Å². The standard InChI is InChI=1S/C11H11N3O4S2/c1-7-8(4-3-5-12-7)14-20(16,17)11-9(10(15)18-2)13-6-19-11/h3-6,14H,1-2H3. The summed E-state index contributed by atoms with van der Waals surface area (Å²) in [4.78, 5) is 19.2. The lowest BCUT2D eigenvalue weighted by Crippen LogP contribution is -2.16. The van der Waals surface area contributed by atoms with E-state index in [-0.39, 0.29) is 9.90 Å². The van der Waals surface area contributed by atoms with Crippen LogP contribution in [0.2, 0.25) is 0 Å². The van der Waals surface area contributed by atoms with Gasteiger partial charge in [0.1, 0.15) is 0 Å². The number of aryl methyl sites for hydroxylation is 1. The Morgan fingerprint density at radius 3 is 2.80 bits per heavy atom. The summed E-state index contributed by atoms with van der Waals surface area (Å²) in [5.74, 6) is -0.797. The molecule has 0 spiro atoms. The van der Waals surface area contributed by atoms with Crippen molar-refractivity contribution < 1.29 is 17.9 Å². The van der Waals surface area contributed by atoms with Crippen molar-refractivity contribution in [1.29, 1.82) is 0 Å². The van der Waals surface area contributed by atoms with Gasteiger partial charge in [-0.3, -0.25) is 9.71 Å². The Morgan fingerprint density at radius 2 is 2.15 bits per heavy atom. The molecule has 0 fully saturated rings. The molecule has 9 heteroatoms. The van der Waals surface area contributed by atoms with Gasteiger partial charge in [0.15, 0.2) is 9.90 Å². The summed E-state index contributed by atoms with van der Waals surface area (Å²) in [5.41, 5.74) is 1.92. The van der Waals surface area contributed by atoms with E-state index in [9.17, 15) is 13.2 Å². The molecule has 106 valence electrons. The van der Waals surface area contributed by atoms with Gasteiger partial charge in [-0.1, -0.05) is 0 Å². The number of methoxy groups -OCH3 is 1. The third-order valence-electron chi connectivity index (χ3n) is 2.41. The third kappa shape index (κ3) is 2.78. The van der Waals surface area contributed by atoms with Crippen molar-refractivity contribution >= 4 is 33.0 Å². The van der Waals surface area contributed by atoms with Gasteiger partial charge in [0.2, 0.25) is 0 Å². The van der Waals surface area contributed by atoms with E-state index in [0.29, 0.717) is 11.4 Å². The molecule has 0 bridgehead atoms. The topological polar surface area (TPSA) is 98.2 Å². The Morgan fingerprint density at radius 1 is 1.40 bits per heavy atom. The predicted octanol–water partition coefficient (Wildman–Crippen LogP) is 1.43. The Labute approximate surface area is 119 Å². The number of nitrogens with one attached hydrogen (secondary N) is 1. The molecule has 0 amide bonds. The van der Waals surface area contributed by atoms with Crippen molar-refractivity contribution in [3.05, 3.63) is 35.2 Å². The molecule has 7 nitrogen and oxygen atoms in total. The molecule has 0 saturated carbocycles. The highest BCUT2D eigenvalue weighted by molar-refractivity contribution is 7.94. The molecule has 20 heavy (non-hydrogen) atoms. The zero-order valence-corrected chi connectivity index (χ0v) is 12.3. The number of hydrogen-bond acceptors (Lipinski definition) is 7. The first-order chi connectivity index (χ1) is 9.45. The fraction of sp³-hybridized carbons (Fsp3) is 0.182. The fourth-order valence-electron chi connectivity index (χ4n) is 1.44. The maximum atomic E-state index is 12.3. The molecule has 2 aromatic heterocycles. The minimum atomic E-state index is -3.91. The zero-order chi connectivity index (χ0) is 14.8. The molecule has 0 aliphatic rings. The number of aromatic nitrogens is 2. The first-order valence-corrected chi connectivity index (χ1v) is 7.78. The number of carbonyl (C=O) groups excluding carboxylic acids is 1. The lowest BCUT2D eigenvalue weighted by molar-refractivity contribution is 0.0590. The Bertz CT molecular complexity index is 740. The highest BCUT2D eigenvalue weighted by Gasteiger charge is 2.27. The van der Waals surface area contributed by atoms with Crippen LogP contribution in [0.5, 0.6) is 0 Å². The normalized spacial score (nSPS) is 11.1. The molecule has 2 rings (SSSR count). The summed E-state index contributed by atoms with van der Waals surface area (Å²) in [6, 6.07) is 3.19. The number of esters is 1. The molecular formula is C11H11N3O4S2. The Kier molecular flexibility index (Phi) is 4.00. The van der Waals surface area contributed by atoms with E-state index >= 15 is 0 Å². The van der Waals surface area contributed by atoms with Crippen LogP contribution < -0.4 is 4.72 Å². The number of anilines is 1. The lowest BCUT2D eigenvalue weighted by Gasteiger charge is -2.08. The SMILES string of the molecule is COC(=O)c1ncsc1S(=O)(=O)Nc1cccnc1C. The average molecular weight is 313 g/mol. The van der Waals surface area contributed by atoms with Crippen LogP contribution in [0, 0.1) is 6.92 Å². The maximum Gasteiger partial charge on any atom is 0.358 e. The van der Waals surface area contributed by atoms with Crippen LogP contribution in [-0.4, -0.2) is 31.5 Å². The second-order valence-electron chi connectivity index (χ2n) is 3.72. The molecule has 0 saturated heterocycles. The number of pyridine rings is 1. The number of carbonyl (C=O) groups is 1. The molecule has 0 aliphatic carbocycles. The van der Waals surface area contributed by atoms with Crippen LogP contribution >= 0.6 is 11.3 Å². The van der Waals surface area contributed by atoms with Crippen LogP contribution in [0.4, 0.5) is 5.69 Å². The number of nitrogens with zero attached hydrogens (tertiary/aromatic N) is 2. The number of rotatable bonds is 4. The van der Waals surface area contributed by atoms with Crippen LogP contribution in [0.15, 0.2) is 28.0 Å². The van der Waals surface area contributed by atoms with Gasteiger partial charge < -0.3 is 4.74 Å². The minimum Gasteiger partial charge on any atom is -0.464 e. The van der Waals surface area contributed by atoms with E-state index < -0.39 is 16.0 Å². The Hall–Kier alpha value is -2.00. The van der Waals surface area contributed by atoms with E-state index in [1.165, 1.54) is 5.51 Å². The summed E-state index contributed by atoms with van der Waals surface area (Å²) < 4.78 is 31.3. The van der Waals surface area contributed by atoms with E-state index in [1.807, 2.05) is 0 Å². The fourth-order valence-corrected chi connectivity index (χ4v) is 3.69. The van der Waals surface area contributed by atoms with E-state index in [4.69, 9.17) is 0 Å². The smallest absolute Gasteiger partial charge is 0.358 e. The molecular weight excluding hydrogens is 302 g/mol. The number of thiazole rings is 1. The van der Waals surface area contributed by atoms with Crippen molar-refractivity contribution in [1.82, 2.24) is 9.97 Å². The van der Waals surface area contributed by atoms with Crippen molar-refractivity contribution in [3.8, 4) is 0 Å². The molecule has 0 aromatic carbocycles. The summed E-state index contributed by atoms with van der Waals surface area (Å²) in [7, 11) is -2.75. The largest absolute Gasteiger partial charge is 0.464 e. The summed E-state index contributed by atoms with van der Waals surface area (Å²) in [5, 5.41) is 0. The monoisotopic (exact) mass is 313 g/mol. The first kappa shape index (κ1) is 14.4. The molecule has 0 aliphatic heterocycles. The van der Waals surface area contributed by atoms with Gasteiger partial charge in [0, 0.05) is 6.20 Å². The van der Waals surface area contributed by atoms with Gasteiger partial charge in [0.25, 0.3) is 10.0 Å². The van der Waals surface area contributed by atoms with Crippen LogP contribution in [0.25, 0.3) is 0 Å².